The molecular formula is C14H17N5O3S. The van der Waals surface area contributed by atoms with Crippen LogP contribution in [-0.4, -0.2) is 45.8 Å². The summed E-state index contributed by atoms with van der Waals surface area (Å²) < 4.78 is 28.1. The zero-order chi connectivity index (χ0) is 16.6. The fraction of sp³-hybridized carbons (Fsp3) is 0.429. The van der Waals surface area contributed by atoms with Crippen molar-refractivity contribution in [3.8, 4) is 0 Å². The minimum Gasteiger partial charge on any atom is -0.295 e. The highest BCUT2D eigenvalue weighted by Gasteiger charge is 2.30. The second kappa shape index (κ2) is 5.82. The van der Waals surface area contributed by atoms with E-state index in [1.54, 1.807) is 4.68 Å². The minimum absolute atomic E-state index is 0.0975. The maximum Gasteiger partial charge on any atom is 0.243 e. The van der Waals surface area contributed by atoms with Crippen molar-refractivity contribution < 1.29 is 13.2 Å². The zero-order valence-corrected chi connectivity index (χ0v) is 13.7. The second-order valence-electron chi connectivity index (χ2n) is 5.61. The number of carbonyl (C=O) groups is 1. The average Bonchev–Trinajstić information content (AvgIpc) is 3.27. The molecule has 0 amide bonds. The van der Waals surface area contributed by atoms with Gasteiger partial charge in [-0.05, 0) is 42.3 Å². The lowest BCUT2D eigenvalue weighted by Crippen LogP contribution is -2.28. The number of carbonyl (C=O) groups excluding carboxylic acids is 1. The molecule has 1 aromatic carbocycles. The van der Waals surface area contributed by atoms with Gasteiger partial charge in [-0.3, -0.25) is 4.79 Å². The molecule has 0 unspecified atom stereocenters. The van der Waals surface area contributed by atoms with Crippen molar-refractivity contribution in [2.45, 2.75) is 37.2 Å². The molecule has 1 aliphatic rings. The third-order valence-electron chi connectivity index (χ3n) is 3.79. The van der Waals surface area contributed by atoms with Crippen LogP contribution >= 0.6 is 0 Å². The third-order valence-corrected chi connectivity index (χ3v) is 5.60. The number of hydrogen-bond donors (Lipinski definition) is 0. The van der Waals surface area contributed by atoms with E-state index in [1.807, 2.05) is 0 Å². The molecule has 0 radical (unpaired) electrons. The summed E-state index contributed by atoms with van der Waals surface area (Å²) in [6.07, 6.45) is 2.03. The van der Waals surface area contributed by atoms with E-state index >= 15 is 0 Å². The number of hydrogen-bond acceptors (Lipinski definition) is 6. The molecule has 0 bridgehead atoms. The monoisotopic (exact) mass is 335 g/mol. The predicted molar refractivity (Wildman–Crippen MR) is 81.2 cm³/mol. The number of nitrogens with zero attached hydrogens (tertiary/aromatic N) is 5. The minimum atomic E-state index is -3.67. The Hall–Kier alpha value is -2.13. The number of aromatic nitrogens is 4. The van der Waals surface area contributed by atoms with Crippen molar-refractivity contribution in [1.82, 2.24) is 24.5 Å². The van der Waals surface area contributed by atoms with E-state index in [0.29, 0.717) is 11.4 Å². The lowest BCUT2D eigenvalue weighted by molar-refractivity contribution is 0.101. The Morgan fingerprint density at radius 3 is 2.52 bits per heavy atom. The van der Waals surface area contributed by atoms with E-state index in [0.717, 1.165) is 12.8 Å². The van der Waals surface area contributed by atoms with E-state index in [4.69, 9.17) is 0 Å². The quantitative estimate of drug-likeness (QED) is 0.731. The van der Waals surface area contributed by atoms with Gasteiger partial charge in [0.25, 0.3) is 0 Å². The number of rotatable bonds is 6. The van der Waals surface area contributed by atoms with Gasteiger partial charge in [-0.1, -0.05) is 12.1 Å². The third kappa shape index (κ3) is 3.15. The standard InChI is InChI=1S/C14H17N5O3S/c1-10(20)11-3-7-13(8-4-11)23(21,22)18(2)9-14-15-16-17-19(14)12-5-6-12/h3-4,7-8,12H,5-6,9H2,1-2H3. The Kier molecular flexibility index (Phi) is 3.99. The molecule has 1 heterocycles. The first-order valence-electron chi connectivity index (χ1n) is 7.23. The molecule has 1 aromatic heterocycles. The van der Waals surface area contributed by atoms with Crippen molar-refractivity contribution in [2.75, 3.05) is 7.05 Å². The maximum atomic E-state index is 12.6. The SMILES string of the molecule is CC(=O)c1ccc(S(=O)(=O)N(C)Cc2nnnn2C2CC2)cc1. The van der Waals surface area contributed by atoms with Crippen LogP contribution in [0, 0.1) is 0 Å². The van der Waals surface area contributed by atoms with Crippen molar-refractivity contribution in [3.63, 3.8) is 0 Å². The molecule has 0 N–H and O–H groups in total. The summed E-state index contributed by atoms with van der Waals surface area (Å²) in [5, 5.41) is 11.5. The Morgan fingerprint density at radius 1 is 1.30 bits per heavy atom. The molecule has 23 heavy (non-hydrogen) atoms. The van der Waals surface area contributed by atoms with Crippen LogP contribution in [0.1, 0.15) is 42.0 Å². The fourth-order valence-electron chi connectivity index (χ4n) is 2.24. The smallest absolute Gasteiger partial charge is 0.243 e. The topological polar surface area (TPSA) is 98.1 Å². The molecular weight excluding hydrogens is 318 g/mol. The van der Waals surface area contributed by atoms with Gasteiger partial charge in [-0.25, -0.2) is 13.1 Å². The largest absolute Gasteiger partial charge is 0.295 e. The number of benzene rings is 1. The molecule has 0 spiro atoms. The van der Waals surface area contributed by atoms with Crippen LogP contribution in [-0.2, 0) is 16.6 Å². The molecule has 3 rings (SSSR count). The summed E-state index contributed by atoms with van der Waals surface area (Å²) in [5.74, 6) is 0.421. The van der Waals surface area contributed by atoms with E-state index < -0.39 is 10.0 Å². The first-order valence-corrected chi connectivity index (χ1v) is 8.67. The highest BCUT2D eigenvalue weighted by molar-refractivity contribution is 7.89. The fourth-order valence-corrected chi connectivity index (χ4v) is 3.37. The molecule has 1 aliphatic carbocycles. The number of Topliss-reactive ketones (excluding diaryl/α,β-unsaturated/α-hetero) is 1. The van der Waals surface area contributed by atoms with Crippen LogP contribution in [0.5, 0.6) is 0 Å². The van der Waals surface area contributed by atoms with Crippen LogP contribution in [0.3, 0.4) is 0 Å². The Labute approximate surface area is 134 Å². The normalized spacial score (nSPS) is 15.1. The lowest BCUT2D eigenvalue weighted by Gasteiger charge is -2.16. The van der Waals surface area contributed by atoms with Gasteiger partial charge in [0.15, 0.2) is 11.6 Å². The summed E-state index contributed by atoms with van der Waals surface area (Å²) in [5.41, 5.74) is 0.476. The van der Waals surface area contributed by atoms with Gasteiger partial charge in [0.1, 0.15) is 0 Å². The van der Waals surface area contributed by atoms with Crippen LogP contribution < -0.4 is 0 Å². The highest BCUT2D eigenvalue weighted by Crippen LogP contribution is 2.34. The number of sulfonamides is 1. The first-order chi connectivity index (χ1) is 10.9. The van der Waals surface area contributed by atoms with Crippen LogP contribution in [0.15, 0.2) is 29.2 Å². The molecule has 9 heteroatoms. The van der Waals surface area contributed by atoms with Gasteiger partial charge >= 0.3 is 0 Å². The molecule has 0 aliphatic heterocycles. The van der Waals surface area contributed by atoms with E-state index in [1.165, 1.54) is 42.5 Å². The molecule has 122 valence electrons. The predicted octanol–water partition coefficient (Wildman–Crippen LogP) is 1.03. The molecule has 2 aromatic rings. The highest BCUT2D eigenvalue weighted by atomic mass is 32.2. The summed E-state index contributed by atoms with van der Waals surface area (Å²) in [6, 6.07) is 6.18. The molecule has 8 nitrogen and oxygen atoms in total. The maximum absolute atomic E-state index is 12.6. The average molecular weight is 335 g/mol. The molecule has 0 atom stereocenters. The second-order valence-corrected chi connectivity index (χ2v) is 7.66. The van der Waals surface area contributed by atoms with Crippen molar-refractivity contribution >= 4 is 15.8 Å². The van der Waals surface area contributed by atoms with Gasteiger partial charge in [0, 0.05) is 12.6 Å². The number of ketones is 1. The summed E-state index contributed by atoms with van der Waals surface area (Å²) in [6.45, 7) is 1.54. The van der Waals surface area contributed by atoms with Crippen LogP contribution in [0.25, 0.3) is 0 Å². The van der Waals surface area contributed by atoms with Gasteiger partial charge in [0.2, 0.25) is 10.0 Å². The van der Waals surface area contributed by atoms with Crippen molar-refractivity contribution in [3.05, 3.63) is 35.7 Å². The Morgan fingerprint density at radius 2 is 1.96 bits per heavy atom. The summed E-state index contributed by atoms with van der Waals surface area (Å²) in [7, 11) is -2.18. The summed E-state index contributed by atoms with van der Waals surface area (Å²) in [4.78, 5) is 11.4. The first kappa shape index (κ1) is 15.8. The Balaban J connectivity index is 1.80. The van der Waals surface area contributed by atoms with Crippen LogP contribution in [0.4, 0.5) is 0 Å². The van der Waals surface area contributed by atoms with E-state index in [9.17, 15) is 13.2 Å². The van der Waals surface area contributed by atoms with Gasteiger partial charge in [0.05, 0.1) is 17.5 Å². The van der Waals surface area contributed by atoms with Crippen molar-refractivity contribution in [1.29, 1.82) is 0 Å². The molecule has 1 saturated carbocycles. The lowest BCUT2D eigenvalue weighted by atomic mass is 10.2. The van der Waals surface area contributed by atoms with Gasteiger partial charge < -0.3 is 0 Å². The molecule has 0 saturated heterocycles. The van der Waals surface area contributed by atoms with Gasteiger partial charge in [-0.15, -0.1) is 5.10 Å². The molecule has 1 fully saturated rings. The van der Waals surface area contributed by atoms with Crippen molar-refractivity contribution in [2.24, 2.45) is 0 Å². The Bertz CT molecular complexity index is 824. The van der Waals surface area contributed by atoms with E-state index in [-0.39, 0.29) is 23.3 Å². The zero-order valence-electron chi connectivity index (χ0n) is 12.9. The van der Waals surface area contributed by atoms with Gasteiger partial charge in [-0.2, -0.15) is 4.31 Å². The number of tetrazole rings is 1. The van der Waals surface area contributed by atoms with E-state index in [2.05, 4.69) is 15.5 Å². The summed E-state index contributed by atoms with van der Waals surface area (Å²) >= 11 is 0. The van der Waals surface area contributed by atoms with Crippen LogP contribution in [0.2, 0.25) is 0 Å².